The van der Waals surface area contributed by atoms with Crippen molar-refractivity contribution in [1.29, 1.82) is 0 Å². The Balaban J connectivity index is 2.32. The summed E-state index contributed by atoms with van der Waals surface area (Å²) in [5.41, 5.74) is -0.563. The van der Waals surface area contributed by atoms with Crippen molar-refractivity contribution < 1.29 is 23.1 Å². The van der Waals surface area contributed by atoms with E-state index < -0.39 is 34.9 Å². The maximum atomic E-state index is 13.7. The van der Waals surface area contributed by atoms with E-state index in [0.29, 0.717) is 17.9 Å². The van der Waals surface area contributed by atoms with Crippen LogP contribution in [0.3, 0.4) is 0 Å². The van der Waals surface area contributed by atoms with Crippen molar-refractivity contribution in [2.45, 2.75) is 13.0 Å². The van der Waals surface area contributed by atoms with Crippen molar-refractivity contribution in [1.82, 2.24) is 4.90 Å². The molecule has 0 aliphatic heterocycles. The Hall–Kier alpha value is -2.37. The highest BCUT2D eigenvalue weighted by Crippen LogP contribution is 2.27. The number of phenolic OH excluding ortho intramolecular Hbond substituents is 1. The summed E-state index contributed by atoms with van der Waals surface area (Å²) in [6, 6.07) is 4.14. The SMILES string of the molecule is CC(c1ccco1)N(C)C(=O)c1c(O)cc(F)cc1F. The van der Waals surface area contributed by atoms with E-state index in [0.717, 1.165) is 0 Å². The van der Waals surface area contributed by atoms with Crippen LogP contribution in [0.4, 0.5) is 8.78 Å². The van der Waals surface area contributed by atoms with E-state index in [1.807, 2.05) is 0 Å². The standard InChI is InChI=1S/C14H13F2NO3/c1-8(12-4-3-5-20-12)17(2)14(19)13-10(16)6-9(15)7-11(13)18/h3-8,18H,1-2H3. The van der Waals surface area contributed by atoms with Gasteiger partial charge in [-0.1, -0.05) is 0 Å². The number of hydrogen-bond acceptors (Lipinski definition) is 3. The van der Waals surface area contributed by atoms with E-state index >= 15 is 0 Å². The summed E-state index contributed by atoms with van der Waals surface area (Å²) < 4.78 is 31.7. The Bertz CT molecular complexity index is 602. The van der Waals surface area contributed by atoms with Crippen LogP contribution >= 0.6 is 0 Å². The van der Waals surface area contributed by atoms with Gasteiger partial charge in [0.25, 0.3) is 5.91 Å². The molecule has 1 amide bonds. The van der Waals surface area contributed by atoms with Gasteiger partial charge in [-0.05, 0) is 19.1 Å². The smallest absolute Gasteiger partial charge is 0.260 e. The molecular formula is C14H13F2NO3. The number of rotatable bonds is 3. The maximum absolute atomic E-state index is 13.7. The molecule has 1 aromatic carbocycles. The molecule has 0 saturated carbocycles. The number of nitrogens with zero attached hydrogens (tertiary/aromatic N) is 1. The number of benzene rings is 1. The third kappa shape index (κ3) is 2.49. The highest BCUT2D eigenvalue weighted by molar-refractivity contribution is 5.97. The minimum absolute atomic E-state index is 0.457. The van der Waals surface area contributed by atoms with Gasteiger partial charge in [-0.15, -0.1) is 0 Å². The number of furan rings is 1. The number of carbonyl (C=O) groups is 1. The lowest BCUT2D eigenvalue weighted by molar-refractivity contribution is 0.0718. The van der Waals surface area contributed by atoms with Crippen LogP contribution in [-0.2, 0) is 0 Å². The van der Waals surface area contributed by atoms with E-state index in [1.54, 1.807) is 19.1 Å². The van der Waals surface area contributed by atoms with E-state index in [4.69, 9.17) is 4.42 Å². The first kappa shape index (κ1) is 14.0. The third-order valence-corrected chi connectivity index (χ3v) is 3.10. The first-order valence-corrected chi connectivity index (χ1v) is 5.90. The largest absolute Gasteiger partial charge is 0.507 e. The molecule has 0 saturated heterocycles. The van der Waals surface area contributed by atoms with Crippen molar-refractivity contribution in [3.63, 3.8) is 0 Å². The van der Waals surface area contributed by atoms with Crippen LogP contribution in [0.2, 0.25) is 0 Å². The molecule has 6 heteroatoms. The average Bonchev–Trinajstić information content (AvgIpc) is 2.89. The zero-order valence-electron chi connectivity index (χ0n) is 10.9. The lowest BCUT2D eigenvalue weighted by atomic mass is 10.1. The van der Waals surface area contributed by atoms with Gasteiger partial charge in [0.05, 0.1) is 12.3 Å². The Kier molecular flexibility index (Phi) is 3.74. The predicted octanol–water partition coefficient (Wildman–Crippen LogP) is 3.10. The molecule has 1 N–H and O–H groups in total. The van der Waals surface area contributed by atoms with Crippen LogP contribution in [0.15, 0.2) is 34.9 Å². The molecule has 0 aliphatic rings. The molecule has 0 fully saturated rings. The summed E-state index contributed by atoms with van der Waals surface area (Å²) in [6.45, 7) is 1.69. The molecule has 2 aromatic rings. The summed E-state index contributed by atoms with van der Waals surface area (Å²) in [4.78, 5) is 13.4. The zero-order chi connectivity index (χ0) is 14.9. The Morgan fingerprint density at radius 1 is 1.40 bits per heavy atom. The molecule has 0 aliphatic carbocycles. The average molecular weight is 281 g/mol. The predicted molar refractivity (Wildman–Crippen MR) is 67.2 cm³/mol. The fraction of sp³-hybridized carbons (Fsp3) is 0.214. The molecule has 1 heterocycles. The van der Waals surface area contributed by atoms with Gasteiger partial charge in [0.1, 0.15) is 28.7 Å². The first-order valence-electron chi connectivity index (χ1n) is 5.90. The van der Waals surface area contributed by atoms with Crippen LogP contribution in [0, 0.1) is 11.6 Å². The van der Waals surface area contributed by atoms with E-state index in [9.17, 15) is 18.7 Å². The van der Waals surface area contributed by atoms with E-state index in [1.165, 1.54) is 18.2 Å². The molecule has 0 radical (unpaired) electrons. The number of hydrogen-bond donors (Lipinski definition) is 1. The molecule has 2 rings (SSSR count). The van der Waals surface area contributed by atoms with Gasteiger partial charge in [-0.25, -0.2) is 8.78 Å². The van der Waals surface area contributed by atoms with Crippen LogP contribution in [0.5, 0.6) is 5.75 Å². The molecule has 1 unspecified atom stereocenters. The van der Waals surface area contributed by atoms with Crippen molar-refractivity contribution in [2.24, 2.45) is 0 Å². The number of carbonyl (C=O) groups excluding carboxylic acids is 1. The van der Waals surface area contributed by atoms with Crippen molar-refractivity contribution in [2.75, 3.05) is 7.05 Å². The molecule has 0 bridgehead atoms. The van der Waals surface area contributed by atoms with Crippen LogP contribution in [0.1, 0.15) is 29.1 Å². The lowest BCUT2D eigenvalue weighted by Crippen LogP contribution is -2.30. The van der Waals surface area contributed by atoms with Gasteiger partial charge in [0.15, 0.2) is 0 Å². The topological polar surface area (TPSA) is 53.7 Å². The quantitative estimate of drug-likeness (QED) is 0.940. The number of phenols is 1. The monoisotopic (exact) mass is 281 g/mol. The normalized spacial score (nSPS) is 12.2. The molecule has 1 atom stereocenters. The number of aromatic hydroxyl groups is 1. The van der Waals surface area contributed by atoms with Gasteiger partial charge in [-0.2, -0.15) is 0 Å². The summed E-state index contributed by atoms with van der Waals surface area (Å²) in [5.74, 6) is -3.03. The highest BCUT2D eigenvalue weighted by atomic mass is 19.1. The van der Waals surface area contributed by atoms with E-state index in [-0.39, 0.29) is 0 Å². The van der Waals surface area contributed by atoms with Crippen molar-refractivity contribution >= 4 is 5.91 Å². The highest BCUT2D eigenvalue weighted by Gasteiger charge is 2.26. The maximum Gasteiger partial charge on any atom is 0.260 e. The fourth-order valence-corrected chi connectivity index (χ4v) is 1.84. The molecular weight excluding hydrogens is 268 g/mol. The molecule has 106 valence electrons. The second-order valence-corrected chi connectivity index (χ2v) is 4.39. The summed E-state index contributed by atoms with van der Waals surface area (Å²) >= 11 is 0. The third-order valence-electron chi connectivity index (χ3n) is 3.10. The Labute approximate surface area is 114 Å². The van der Waals surface area contributed by atoms with Gasteiger partial charge in [-0.3, -0.25) is 4.79 Å². The minimum Gasteiger partial charge on any atom is -0.507 e. The van der Waals surface area contributed by atoms with E-state index in [2.05, 4.69) is 0 Å². The van der Waals surface area contributed by atoms with Gasteiger partial charge >= 0.3 is 0 Å². The Morgan fingerprint density at radius 2 is 2.10 bits per heavy atom. The van der Waals surface area contributed by atoms with Crippen LogP contribution in [0.25, 0.3) is 0 Å². The second kappa shape index (κ2) is 5.32. The summed E-state index contributed by atoms with van der Waals surface area (Å²) in [5, 5.41) is 9.55. The number of amides is 1. The molecule has 1 aromatic heterocycles. The number of halogens is 2. The van der Waals surface area contributed by atoms with Crippen LogP contribution < -0.4 is 0 Å². The summed E-state index contributed by atoms with van der Waals surface area (Å²) in [6.07, 6.45) is 1.46. The summed E-state index contributed by atoms with van der Waals surface area (Å²) in [7, 11) is 1.44. The second-order valence-electron chi connectivity index (χ2n) is 4.39. The molecule has 20 heavy (non-hydrogen) atoms. The van der Waals surface area contributed by atoms with Gasteiger partial charge < -0.3 is 14.4 Å². The van der Waals surface area contributed by atoms with Crippen molar-refractivity contribution in [3.8, 4) is 5.75 Å². The van der Waals surface area contributed by atoms with Crippen molar-refractivity contribution in [3.05, 3.63) is 53.5 Å². The zero-order valence-corrected chi connectivity index (χ0v) is 10.9. The fourth-order valence-electron chi connectivity index (χ4n) is 1.84. The van der Waals surface area contributed by atoms with Gasteiger partial charge in [0, 0.05) is 19.2 Å². The first-order chi connectivity index (χ1) is 9.41. The molecule has 0 spiro atoms. The minimum atomic E-state index is -1.11. The van der Waals surface area contributed by atoms with Gasteiger partial charge in [0.2, 0.25) is 0 Å². The van der Waals surface area contributed by atoms with Crippen LogP contribution in [-0.4, -0.2) is 23.0 Å². The lowest BCUT2D eigenvalue weighted by Gasteiger charge is -2.23. The Morgan fingerprint density at radius 3 is 2.65 bits per heavy atom. The molecule has 4 nitrogen and oxygen atoms in total.